The maximum absolute atomic E-state index is 12.4. The molecule has 1 aromatic heterocycles. The Kier molecular flexibility index (Phi) is 5.03. The van der Waals surface area contributed by atoms with Crippen LogP contribution in [0.4, 0.5) is 24.9 Å². The zero-order chi connectivity index (χ0) is 19.7. The normalized spacial score (nSPS) is 17.5. The average molecular weight is 392 g/mol. The molecule has 0 saturated heterocycles. The van der Waals surface area contributed by atoms with Crippen molar-refractivity contribution >= 4 is 11.8 Å². The van der Waals surface area contributed by atoms with Crippen LogP contribution in [-0.2, 0) is 13.0 Å². The van der Waals surface area contributed by atoms with Gasteiger partial charge >= 0.3 is 6.36 Å². The van der Waals surface area contributed by atoms with Crippen LogP contribution in [0.3, 0.4) is 0 Å². The van der Waals surface area contributed by atoms with Crippen LogP contribution in [0.15, 0.2) is 24.3 Å². The maximum atomic E-state index is 12.4. The molecule has 0 atom stereocenters. The first-order valence-electron chi connectivity index (χ1n) is 9.60. The molecule has 1 saturated carbocycles. The summed E-state index contributed by atoms with van der Waals surface area (Å²) in [5, 5.41) is 3.44. The zero-order valence-corrected chi connectivity index (χ0v) is 15.7. The molecule has 1 aliphatic carbocycles. The Morgan fingerprint density at radius 2 is 1.89 bits per heavy atom. The lowest BCUT2D eigenvalue weighted by Crippen LogP contribution is -2.31. The summed E-state index contributed by atoms with van der Waals surface area (Å²) in [5.74, 6) is 1.33. The Hall–Kier alpha value is -2.51. The van der Waals surface area contributed by atoms with Gasteiger partial charge in [-0.25, -0.2) is 4.98 Å². The maximum Gasteiger partial charge on any atom is 0.573 e. The SMILES string of the molecule is Cc1cc(N2CCc3cc(OC(F)(F)F)ccc3C2)nc(NC2CCCC2)n1. The number of hydrogen-bond acceptors (Lipinski definition) is 5. The Labute approximate surface area is 161 Å². The fourth-order valence-electron chi connectivity index (χ4n) is 3.95. The first kappa shape index (κ1) is 18.8. The van der Waals surface area contributed by atoms with Crippen molar-refractivity contribution in [2.45, 2.75) is 58.0 Å². The molecule has 150 valence electrons. The topological polar surface area (TPSA) is 50.3 Å². The quantitative estimate of drug-likeness (QED) is 0.824. The lowest BCUT2D eigenvalue weighted by molar-refractivity contribution is -0.274. The summed E-state index contributed by atoms with van der Waals surface area (Å²) in [6.07, 6.45) is 0.728. The number of aryl methyl sites for hydroxylation is 1. The standard InChI is InChI=1S/C20H23F3N4O/c1-13-10-18(26-19(24-13)25-16-4-2-3-5-16)27-9-8-14-11-17(28-20(21,22)23)7-6-15(14)12-27/h6-7,10-11,16H,2-5,8-9,12H2,1H3,(H,24,25,26). The van der Waals surface area contributed by atoms with Crippen LogP contribution < -0.4 is 15.0 Å². The third kappa shape index (κ3) is 4.48. The minimum absolute atomic E-state index is 0.166. The molecule has 0 radical (unpaired) electrons. The fraction of sp³-hybridized carbons (Fsp3) is 0.500. The van der Waals surface area contributed by atoms with Gasteiger partial charge < -0.3 is 15.0 Å². The van der Waals surface area contributed by atoms with E-state index in [1.807, 2.05) is 13.0 Å². The predicted octanol–water partition coefficient (Wildman–Crippen LogP) is 4.60. The largest absolute Gasteiger partial charge is 0.573 e. The summed E-state index contributed by atoms with van der Waals surface area (Å²) in [4.78, 5) is 11.3. The summed E-state index contributed by atoms with van der Waals surface area (Å²) in [6.45, 7) is 3.23. The first-order valence-corrected chi connectivity index (χ1v) is 9.60. The van der Waals surface area contributed by atoms with Gasteiger partial charge in [0.2, 0.25) is 5.95 Å². The molecule has 2 heterocycles. The first-order chi connectivity index (χ1) is 13.4. The fourth-order valence-corrected chi connectivity index (χ4v) is 3.95. The van der Waals surface area contributed by atoms with Crippen molar-refractivity contribution in [1.82, 2.24) is 9.97 Å². The van der Waals surface area contributed by atoms with E-state index in [1.165, 1.54) is 25.0 Å². The number of nitrogens with zero attached hydrogens (tertiary/aromatic N) is 3. The molecule has 0 unspecified atom stereocenters. The number of rotatable bonds is 4. The van der Waals surface area contributed by atoms with E-state index in [0.29, 0.717) is 31.5 Å². The van der Waals surface area contributed by atoms with Crippen LogP contribution >= 0.6 is 0 Å². The van der Waals surface area contributed by atoms with Crippen molar-refractivity contribution < 1.29 is 17.9 Å². The molecule has 1 N–H and O–H groups in total. The second-order valence-corrected chi connectivity index (χ2v) is 7.47. The van der Waals surface area contributed by atoms with Crippen molar-refractivity contribution in [2.75, 3.05) is 16.8 Å². The molecular weight excluding hydrogens is 369 g/mol. The van der Waals surface area contributed by atoms with Gasteiger partial charge in [-0.1, -0.05) is 18.9 Å². The minimum atomic E-state index is -4.67. The van der Waals surface area contributed by atoms with E-state index < -0.39 is 6.36 Å². The van der Waals surface area contributed by atoms with E-state index in [1.54, 1.807) is 6.07 Å². The monoisotopic (exact) mass is 392 g/mol. The van der Waals surface area contributed by atoms with Crippen molar-refractivity contribution in [3.63, 3.8) is 0 Å². The van der Waals surface area contributed by atoms with E-state index in [4.69, 9.17) is 0 Å². The van der Waals surface area contributed by atoms with Crippen LogP contribution in [0.5, 0.6) is 5.75 Å². The third-order valence-corrected chi connectivity index (χ3v) is 5.28. The molecule has 1 fully saturated rings. The summed E-state index contributed by atoms with van der Waals surface area (Å²) >= 11 is 0. The molecule has 1 aliphatic heterocycles. The molecule has 5 nitrogen and oxygen atoms in total. The van der Waals surface area contributed by atoms with Gasteiger partial charge in [0.1, 0.15) is 11.6 Å². The summed E-state index contributed by atoms with van der Waals surface area (Å²) in [7, 11) is 0. The van der Waals surface area contributed by atoms with Crippen LogP contribution in [0.1, 0.15) is 42.5 Å². The van der Waals surface area contributed by atoms with Gasteiger partial charge in [-0.05, 0) is 49.4 Å². The minimum Gasteiger partial charge on any atom is -0.406 e. The zero-order valence-electron chi connectivity index (χ0n) is 15.7. The third-order valence-electron chi connectivity index (χ3n) is 5.28. The van der Waals surface area contributed by atoms with E-state index in [0.717, 1.165) is 35.5 Å². The number of ether oxygens (including phenoxy) is 1. The van der Waals surface area contributed by atoms with Gasteiger partial charge in [0.15, 0.2) is 0 Å². The van der Waals surface area contributed by atoms with Gasteiger partial charge in [0.05, 0.1) is 0 Å². The molecule has 0 amide bonds. The molecular formula is C20H23F3N4O. The van der Waals surface area contributed by atoms with Crippen LogP contribution in [0.2, 0.25) is 0 Å². The van der Waals surface area contributed by atoms with Gasteiger partial charge in [0, 0.05) is 30.9 Å². The number of fused-ring (bicyclic) bond motifs is 1. The van der Waals surface area contributed by atoms with Crippen molar-refractivity contribution in [1.29, 1.82) is 0 Å². The van der Waals surface area contributed by atoms with Gasteiger partial charge in [-0.15, -0.1) is 13.2 Å². The molecule has 2 aromatic rings. The molecule has 28 heavy (non-hydrogen) atoms. The Bertz CT molecular complexity index is 850. The lowest BCUT2D eigenvalue weighted by atomic mass is 9.99. The number of anilines is 2. The van der Waals surface area contributed by atoms with Crippen molar-refractivity contribution in [3.8, 4) is 5.75 Å². The highest BCUT2D eigenvalue weighted by Crippen LogP contribution is 2.30. The number of benzene rings is 1. The second kappa shape index (κ2) is 7.48. The highest BCUT2D eigenvalue weighted by Gasteiger charge is 2.31. The van der Waals surface area contributed by atoms with E-state index in [9.17, 15) is 13.2 Å². The molecule has 1 aromatic carbocycles. The Balaban J connectivity index is 1.50. The lowest BCUT2D eigenvalue weighted by Gasteiger charge is -2.30. The second-order valence-electron chi connectivity index (χ2n) is 7.47. The average Bonchev–Trinajstić information content (AvgIpc) is 3.12. The molecule has 0 bridgehead atoms. The number of alkyl halides is 3. The number of halogens is 3. The number of nitrogens with one attached hydrogen (secondary N) is 1. The predicted molar refractivity (Wildman–Crippen MR) is 101 cm³/mol. The van der Waals surface area contributed by atoms with Crippen LogP contribution in [-0.4, -0.2) is 28.9 Å². The highest BCUT2D eigenvalue weighted by molar-refractivity contribution is 5.49. The smallest absolute Gasteiger partial charge is 0.406 e. The molecule has 2 aliphatic rings. The van der Waals surface area contributed by atoms with Crippen LogP contribution in [0.25, 0.3) is 0 Å². The Morgan fingerprint density at radius 1 is 1.11 bits per heavy atom. The molecule has 8 heteroatoms. The summed E-state index contributed by atoms with van der Waals surface area (Å²) in [6, 6.07) is 6.94. The van der Waals surface area contributed by atoms with Gasteiger partial charge in [-0.2, -0.15) is 4.98 Å². The van der Waals surface area contributed by atoms with Crippen molar-refractivity contribution in [2.24, 2.45) is 0 Å². The highest BCUT2D eigenvalue weighted by atomic mass is 19.4. The summed E-state index contributed by atoms with van der Waals surface area (Å²) < 4.78 is 41.3. The number of aromatic nitrogens is 2. The summed E-state index contributed by atoms with van der Waals surface area (Å²) in [5.41, 5.74) is 2.76. The molecule has 4 rings (SSSR count). The Morgan fingerprint density at radius 3 is 2.64 bits per heavy atom. The van der Waals surface area contributed by atoms with Crippen LogP contribution in [0, 0.1) is 6.92 Å². The number of hydrogen-bond donors (Lipinski definition) is 1. The van der Waals surface area contributed by atoms with Crippen molar-refractivity contribution in [3.05, 3.63) is 41.1 Å². The van der Waals surface area contributed by atoms with E-state index >= 15 is 0 Å². The van der Waals surface area contributed by atoms with Gasteiger partial charge in [-0.3, -0.25) is 0 Å². The van der Waals surface area contributed by atoms with Gasteiger partial charge in [0.25, 0.3) is 0 Å². The molecule has 0 spiro atoms. The van der Waals surface area contributed by atoms with E-state index in [-0.39, 0.29) is 5.75 Å². The van der Waals surface area contributed by atoms with E-state index in [2.05, 4.69) is 24.9 Å².